The standard InChI is InChI=1S/C15H22N2O4/c1-12-6-3-4-7-13(12)21-11-5-9-16-15(19)17-10-8-14(18)20-2/h3-4,6-7H,5,8-11H2,1-2H3,(H2,16,17,19). The molecule has 0 unspecified atom stereocenters. The third-order valence-corrected chi connectivity index (χ3v) is 2.80. The Bertz CT molecular complexity index is 463. The van der Waals surface area contributed by atoms with E-state index in [-0.39, 0.29) is 25.0 Å². The zero-order chi connectivity index (χ0) is 15.5. The molecule has 0 radical (unpaired) electrons. The fraction of sp³-hybridized carbons (Fsp3) is 0.467. The van der Waals surface area contributed by atoms with E-state index in [0.717, 1.165) is 11.3 Å². The topological polar surface area (TPSA) is 76.7 Å². The number of carbonyl (C=O) groups excluding carboxylic acids is 2. The number of nitrogens with one attached hydrogen (secondary N) is 2. The SMILES string of the molecule is COC(=O)CCNC(=O)NCCCOc1ccccc1C. The highest BCUT2D eigenvalue weighted by molar-refractivity contribution is 5.75. The highest BCUT2D eigenvalue weighted by Crippen LogP contribution is 2.15. The van der Waals surface area contributed by atoms with Gasteiger partial charge in [0.05, 0.1) is 20.1 Å². The number of para-hydroxylation sites is 1. The fourth-order valence-electron chi connectivity index (χ4n) is 1.62. The molecule has 0 aliphatic carbocycles. The number of benzene rings is 1. The Morgan fingerprint density at radius 3 is 2.57 bits per heavy atom. The van der Waals surface area contributed by atoms with Crippen LogP contribution in [0, 0.1) is 6.92 Å². The first-order valence-corrected chi connectivity index (χ1v) is 6.90. The minimum absolute atomic E-state index is 0.167. The third-order valence-electron chi connectivity index (χ3n) is 2.80. The van der Waals surface area contributed by atoms with Gasteiger partial charge in [0.25, 0.3) is 0 Å². The van der Waals surface area contributed by atoms with E-state index in [1.807, 2.05) is 31.2 Å². The number of esters is 1. The van der Waals surface area contributed by atoms with Crippen molar-refractivity contribution in [3.8, 4) is 5.75 Å². The normalized spacial score (nSPS) is 9.81. The van der Waals surface area contributed by atoms with Crippen molar-refractivity contribution in [1.29, 1.82) is 0 Å². The zero-order valence-electron chi connectivity index (χ0n) is 12.5. The summed E-state index contributed by atoms with van der Waals surface area (Å²) in [5.41, 5.74) is 1.09. The second-order valence-electron chi connectivity index (χ2n) is 4.48. The third kappa shape index (κ3) is 7.20. The van der Waals surface area contributed by atoms with Crippen LogP contribution in [0.1, 0.15) is 18.4 Å². The first-order valence-electron chi connectivity index (χ1n) is 6.90. The lowest BCUT2D eigenvalue weighted by atomic mass is 10.2. The minimum atomic E-state index is -0.345. The highest BCUT2D eigenvalue weighted by atomic mass is 16.5. The van der Waals surface area contributed by atoms with Gasteiger partial charge in [-0.3, -0.25) is 4.79 Å². The predicted molar refractivity (Wildman–Crippen MR) is 79.3 cm³/mol. The summed E-state index contributed by atoms with van der Waals surface area (Å²) in [6.07, 6.45) is 0.874. The molecule has 0 saturated carbocycles. The van der Waals surface area contributed by atoms with E-state index >= 15 is 0 Å². The van der Waals surface area contributed by atoms with Crippen LogP contribution in [0.25, 0.3) is 0 Å². The Hall–Kier alpha value is -2.24. The van der Waals surface area contributed by atoms with Gasteiger partial charge >= 0.3 is 12.0 Å². The van der Waals surface area contributed by atoms with Gasteiger partial charge in [0.15, 0.2) is 0 Å². The van der Waals surface area contributed by atoms with E-state index in [0.29, 0.717) is 19.6 Å². The van der Waals surface area contributed by atoms with Gasteiger partial charge in [-0.15, -0.1) is 0 Å². The molecule has 0 aliphatic heterocycles. The maximum absolute atomic E-state index is 11.4. The van der Waals surface area contributed by atoms with Crippen LogP contribution < -0.4 is 15.4 Å². The number of amides is 2. The maximum Gasteiger partial charge on any atom is 0.314 e. The summed E-state index contributed by atoms with van der Waals surface area (Å²) in [5, 5.41) is 5.27. The van der Waals surface area contributed by atoms with Crippen molar-refractivity contribution >= 4 is 12.0 Å². The monoisotopic (exact) mass is 294 g/mol. The molecule has 0 saturated heterocycles. The molecule has 1 aromatic carbocycles. The van der Waals surface area contributed by atoms with E-state index in [4.69, 9.17) is 4.74 Å². The molecule has 0 aromatic heterocycles. The molecule has 0 atom stereocenters. The van der Waals surface area contributed by atoms with E-state index in [9.17, 15) is 9.59 Å². The average molecular weight is 294 g/mol. The molecule has 21 heavy (non-hydrogen) atoms. The largest absolute Gasteiger partial charge is 0.493 e. The number of urea groups is 1. The lowest BCUT2D eigenvalue weighted by Crippen LogP contribution is -2.37. The number of rotatable bonds is 8. The smallest absolute Gasteiger partial charge is 0.314 e. The Morgan fingerprint density at radius 1 is 1.14 bits per heavy atom. The van der Waals surface area contributed by atoms with Crippen LogP contribution in [-0.4, -0.2) is 38.8 Å². The second-order valence-corrected chi connectivity index (χ2v) is 4.48. The van der Waals surface area contributed by atoms with Crippen molar-refractivity contribution in [2.75, 3.05) is 26.8 Å². The highest BCUT2D eigenvalue weighted by Gasteiger charge is 2.03. The van der Waals surface area contributed by atoms with Crippen molar-refractivity contribution < 1.29 is 19.1 Å². The lowest BCUT2D eigenvalue weighted by molar-refractivity contribution is -0.140. The molecule has 0 fully saturated rings. The Balaban J connectivity index is 2.05. The van der Waals surface area contributed by atoms with Gasteiger partial charge in [-0.1, -0.05) is 18.2 Å². The average Bonchev–Trinajstić information content (AvgIpc) is 2.48. The molecular formula is C15H22N2O4. The summed E-state index contributed by atoms with van der Waals surface area (Å²) in [7, 11) is 1.32. The number of aryl methyl sites for hydroxylation is 1. The molecule has 0 aliphatic rings. The summed E-state index contributed by atoms with van der Waals surface area (Å²) in [5.74, 6) is 0.516. The van der Waals surface area contributed by atoms with Crippen LogP contribution in [-0.2, 0) is 9.53 Å². The second kappa shape index (κ2) is 9.63. The van der Waals surface area contributed by atoms with Crippen molar-refractivity contribution in [1.82, 2.24) is 10.6 Å². The van der Waals surface area contributed by atoms with E-state index < -0.39 is 0 Å². The van der Waals surface area contributed by atoms with E-state index in [1.54, 1.807) is 0 Å². The first-order chi connectivity index (χ1) is 10.1. The van der Waals surface area contributed by atoms with Crippen LogP contribution in [0.4, 0.5) is 4.79 Å². The zero-order valence-corrected chi connectivity index (χ0v) is 12.5. The van der Waals surface area contributed by atoms with Crippen molar-refractivity contribution in [2.24, 2.45) is 0 Å². The van der Waals surface area contributed by atoms with Crippen molar-refractivity contribution in [3.05, 3.63) is 29.8 Å². The molecule has 6 heteroatoms. The van der Waals surface area contributed by atoms with Gasteiger partial charge in [0, 0.05) is 13.1 Å². The van der Waals surface area contributed by atoms with Gasteiger partial charge in [0.1, 0.15) is 5.75 Å². The number of hydrogen-bond acceptors (Lipinski definition) is 4. The summed E-state index contributed by atoms with van der Waals surface area (Å²) < 4.78 is 10.1. The number of carbonyl (C=O) groups is 2. The molecule has 2 N–H and O–H groups in total. The Labute approximate surface area is 124 Å². The molecule has 2 amide bonds. The summed E-state index contributed by atoms with van der Waals surface area (Å²) in [4.78, 5) is 22.2. The summed E-state index contributed by atoms with van der Waals surface area (Å²) in [6.45, 7) is 3.30. The number of ether oxygens (including phenoxy) is 2. The Kier molecular flexibility index (Phi) is 7.71. The molecule has 0 bridgehead atoms. The van der Waals surface area contributed by atoms with Crippen LogP contribution in [0.5, 0.6) is 5.75 Å². The van der Waals surface area contributed by atoms with Gasteiger partial charge in [-0.05, 0) is 25.0 Å². The van der Waals surface area contributed by atoms with Gasteiger partial charge in [-0.25, -0.2) is 4.79 Å². The van der Waals surface area contributed by atoms with Crippen LogP contribution in [0.15, 0.2) is 24.3 Å². The summed E-state index contributed by atoms with van der Waals surface area (Å²) in [6, 6.07) is 7.50. The molecule has 6 nitrogen and oxygen atoms in total. The lowest BCUT2D eigenvalue weighted by Gasteiger charge is -2.10. The molecule has 0 spiro atoms. The Morgan fingerprint density at radius 2 is 1.86 bits per heavy atom. The molecule has 0 heterocycles. The van der Waals surface area contributed by atoms with Crippen LogP contribution in [0.2, 0.25) is 0 Å². The van der Waals surface area contributed by atoms with E-state index in [1.165, 1.54) is 7.11 Å². The van der Waals surface area contributed by atoms with Crippen molar-refractivity contribution in [2.45, 2.75) is 19.8 Å². The van der Waals surface area contributed by atoms with Crippen LogP contribution >= 0.6 is 0 Å². The van der Waals surface area contributed by atoms with E-state index in [2.05, 4.69) is 15.4 Å². The maximum atomic E-state index is 11.4. The number of hydrogen-bond donors (Lipinski definition) is 2. The molecular weight excluding hydrogens is 272 g/mol. The molecule has 116 valence electrons. The van der Waals surface area contributed by atoms with Crippen molar-refractivity contribution in [3.63, 3.8) is 0 Å². The molecule has 1 aromatic rings. The first kappa shape index (κ1) is 16.8. The van der Waals surface area contributed by atoms with Gasteiger partial charge < -0.3 is 20.1 Å². The number of methoxy groups -OCH3 is 1. The summed E-state index contributed by atoms with van der Waals surface area (Å²) >= 11 is 0. The fourth-order valence-corrected chi connectivity index (χ4v) is 1.62. The van der Waals surface area contributed by atoms with Crippen LogP contribution in [0.3, 0.4) is 0 Å². The quantitative estimate of drug-likeness (QED) is 0.564. The molecule has 1 rings (SSSR count). The predicted octanol–water partition coefficient (Wildman–Crippen LogP) is 1.63. The minimum Gasteiger partial charge on any atom is -0.493 e. The van der Waals surface area contributed by atoms with Gasteiger partial charge in [-0.2, -0.15) is 0 Å². The van der Waals surface area contributed by atoms with Gasteiger partial charge in [0.2, 0.25) is 0 Å².